The van der Waals surface area contributed by atoms with Crippen molar-refractivity contribution in [2.45, 2.75) is 38.1 Å². The predicted octanol–water partition coefficient (Wildman–Crippen LogP) is 3.93. The molecule has 0 spiro atoms. The zero-order valence-corrected chi connectivity index (χ0v) is 13.2. The van der Waals surface area contributed by atoms with Gasteiger partial charge in [-0.2, -0.15) is 0 Å². The summed E-state index contributed by atoms with van der Waals surface area (Å²) in [6.45, 7) is 2.07. The molecular formula is C20H19NO2. The van der Waals surface area contributed by atoms with Crippen molar-refractivity contribution < 1.29 is 9.59 Å². The number of carbonyl (C=O) groups is 2. The lowest BCUT2D eigenvalue weighted by molar-refractivity contribution is 0.0574. The van der Waals surface area contributed by atoms with Crippen molar-refractivity contribution in [2.75, 3.05) is 0 Å². The van der Waals surface area contributed by atoms with E-state index in [2.05, 4.69) is 31.2 Å². The largest absolute Gasteiger partial charge is 0.271 e. The van der Waals surface area contributed by atoms with E-state index in [-0.39, 0.29) is 23.8 Å². The standard InChI is InChI=1S/C20H19NO2/c1-13-9-11-14(12-10-13)15-7-4-8-18(15)21-19(22)16-5-2-3-6-17(16)20(21)23/h2-3,5-6,9-12,15,18H,4,7-8H2,1H3. The van der Waals surface area contributed by atoms with Crippen LogP contribution in [0.1, 0.15) is 57.0 Å². The molecule has 1 heterocycles. The third kappa shape index (κ3) is 2.19. The van der Waals surface area contributed by atoms with E-state index in [1.54, 1.807) is 12.1 Å². The van der Waals surface area contributed by atoms with Gasteiger partial charge in [0.05, 0.1) is 11.1 Å². The fraction of sp³-hybridized carbons (Fsp3) is 0.300. The van der Waals surface area contributed by atoms with Crippen LogP contribution in [0.15, 0.2) is 48.5 Å². The van der Waals surface area contributed by atoms with Crippen molar-refractivity contribution >= 4 is 11.8 Å². The average molecular weight is 305 g/mol. The van der Waals surface area contributed by atoms with Gasteiger partial charge in [0, 0.05) is 12.0 Å². The lowest BCUT2D eigenvalue weighted by Crippen LogP contribution is -2.41. The minimum absolute atomic E-state index is 0.0230. The molecule has 116 valence electrons. The summed E-state index contributed by atoms with van der Waals surface area (Å²) in [5.74, 6) is -0.0120. The van der Waals surface area contributed by atoms with Crippen LogP contribution in [-0.4, -0.2) is 22.8 Å². The maximum atomic E-state index is 12.7. The molecule has 0 aromatic heterocycles. The maximum absolute atomic E-state index is 12.7. The van der Waals surface area contributed by atoms with E-state index in [0.717, 1.165) is 19.3 Å². The summed E-state index contributed by atoms with van der Waals surface area (Å²) >= 11 is 0. The van der Waals surface area contributed by atoms with Crippen LogP contribution in [0.2, 0.25) is 0 Å². The van der Waals surface area contributed by atoms with Crippen LogP contribution in [0.25, 0.3) is 0 Å². The van der Waals surface area contributed by atoms with E-state index in [4.69, 9.17) is 0 Å². The first-order chi connectivity index (χ1) is 11.2. The second-order valence-electron chi connectivity index (χ2n) is 6.54. The molecule has 2 atom stereocenters. The van der Waals surface area contributed by atoms with Crippen LogP contribution in [0.3, 0.4) is 0 Å². The molecule has 3 nitrogen and oxygen atoms in total. The molecule has 2 aromatic rings. The Morgan fingerprint density at radius 1 is 0.870 bits per heavy atom. The van der Waals surface area contributed by atoms with Crippen molar-refractivity contribution in [3.8, 4) is 0 Å². The Balaban J connectivity index is 1.69. The SMILES string of the molecule is Cc1ccc(C2CCCC2N2C(=O)c3ccccc3C2=O)cc1. The number of hydrogen-bond donors (Lipinski definition) is 0. The Morgan fingerprint density at radius 2 is 1.48 bits per heavy atom. The van der Waals surface area contributed by atoms with Crippen molar-refractivity contribution in [3.63, 3.8) is 0 Å². The fourth-order valence-corrected chi connectivity index (χ4v) is 3.96. The zero-order valence-electron chi connectivity index (χ0n) is 13.2. The highest BCUT2D eigenvalue weighted by atomic mass is 16.2. The smallest absolute Gasteiger partial charge is 0.261 e. The number of nitrogens with zero attached hydrogens (tertiary/aromatic N) is 1. The Labute approximate surface area is 135 Å². The van der Waals surface area contributed by atoms with E-state index in [1.807, 2.05) is 12.1 Å². The summed E-state index contributed by atoms with van der Waals surface area (Å²) in [6, 6.07) is 15.6. The summed E-state index contributed by atoms with van der Waals surface area (Å²) in [5.41, 5.74) is 3.55. The number of hydrogen-bond acceptors (Lipinski definition) is 2. The van der Waals surface area contributed by atoms with Crippen molar-refractivity contribution in [3.05, 3.63) is 70.8 Å². The van der Waals surface area contributed by atoms with Crippen LogP contribution < -0.4 is 0 Å². The van der Waals surface area contributed by atoms with Crippen molar-refractivity contribution in [1.29, 1.82) is 0 Å². The molecule has 1 fully saturated rings. The van der Waals surface area contributed by atoms with Gasteiger partial charge in [0.1, 0.15) is 0 Å². The van der Waals surface area contributed by atoms with Gasteiger partial charge in [0.15, 0.2) is 0 Å². The molecule has 2 aliphatic rings. The highest BCUT2D eigenvalue weighted by molar-refractivity contribution is 6.21. The quantitative estimate of drug-likeness (QED) is 0.788. The number of fused-ring (bicyclic) bond motifs is 1. The second-order valence-corrected chi connectivity index (χ2v) is 6.54. The van der Waals surface area contributed by atoms with Crippen LogP contribution >= 0.6 is 0 Å². The summed E-state index contributed by atoms with van der Waals surface area (Å²) in [4.78, 5) is 27.0. The third-order valence-electron chi connectivity index (χ3n) is 5.14. The number of rotatable bonds is 2. The van der Waals surface area contributed by atoms with E-state index in [1.165, 1.54) is 16.0 Å². The maximum Gasteiger partial charge on any atom is 0.261 e. The van der Waals surface area contributed by atoms with E-state index in [0.29, 0.717) is 11.1 Å². The number of benzene rings is 2. The van der Waals surface area contributed by atoms with Gasteiger partial charge in [0.2, 0.25) is 0 Å². The first kappa shape index (κ1) is 14.2. The van der Waals surface area contributed by atoms with Crippen LogP contribution in [-0.2, 0) is 0 Å². The molecule has 1 saturated carbocycles. The Bertz CT molecular complexity index is 743. The van der Waals surface area contributed by atoms with Gasteiger partial charge in [-0.15, -0.1) is 0 Å². The van der Waals surface area contributed by atoms with Crippen molar-refractivity contribution in [2.24, 2.45) is 0 Å². The topological polar surface area (TPSA) is 37.4 Å². The summed E-state index contributed by atoms with van der Waals surface area (Å²) in [7, 11) is 0. The molecule has 2 unspecified atom stereocenters. The van der Waals surface area contributed by atoms with Gasteiger partial charge >= 0.3 is 0 Å². The van der Waals surface area contributed by atoms with E-state index < -0.39 is 0 Å². The molecule has 3 heteroatoms. The van der Waals surface area contributed by atoms with Gasteiger partial charge in [-0.1, -0.05) is 48.4 Å². The summed E-state index contributed by atoms with van der Waals surface area (Å²) in [6.07, 6.45) is 2.97. The number of imide groups is 1. The minimum atomic E-state index is -0.130. The monoisotopic (exact) mass is 305 g/mol. The lowest BCUT2D eigenvalue weighted by atomic mass is 9.92. The molecule has 0 saturated heterocycles. The number of carbonyl (C=O) groups excluding carboxylic acids is 2. The fourth-order valence-electron chi connectivity index (χ4n) is 3.96. The average Bonchev–Trinajstić information content (AvgIpc) is 3.13. The molecule has 1 aliphatic carbocycles. The van der Waals surface area contributed by atoms with Gasteiger partial charge in [-0.3, -0.25) is 14.5 Å². The number of aryl methyl sites for hydroxylation is 1. The molecule has 2 amide bonds. The molecule has 0 bridgehead atoms. The van der Waals surface area contributed by atoms with E-state index in [9.17, 15) is 9.59 Å². The third-order valence-corrected chi connectivity index (χ3v) is 5.14. The number of amides is 2. The Morgan fingerprint density at radius 3 is 2.09 bits per heavy atom. The molecule has 23 heavy (non-hydrogen) atoms. The molecule has 2 aromatic carbocycles. The molecule has 0 N–H and O–H groups in total. The first-order valence-electron chi connectivity index (χ1n) is 8.20. The van der Waals surface area contributed by atoms with Crippen LogP contribution in [0.5, 0.6) is 0 Å². The Hall–Kier alpha value is -2.42. The second kappa shape index (κ2) is 5.34. The molecular weight excluding hydrogens is 286 g/mol. The first-order valence-corrected chi connectivity index (χ1v) is 8.20. The van der Waals surface area contributed by atoms with Gasteiger partial charge in [-0.25, -0.2) is 0 Å². The lowest BCUT2D eigenvalue weighted by Gasteiger charge is -2.28. The molecule has 4 rings (SSSR count). The highest BCUT2D eigenvalue weighted by Crippen LogP contribution is 2.40. The minimum Gasteiger partial charge on any atom is -0.271 e. The zero-order chi connectivity index (χ0) is 16.0. The predicted molar refractivity (Wildman–Crippen MR) is 88.5 cm³/mol. The highest BCUT2D eigenvalue weighted by Gasteiger charge is 2.44. The van der Waals surface area contributed by atoms with E-state index >= 15 is 0 Å². The summed E-state index contributed by atoms with van der Waals surface area (Å²) < 4.78 is 0. The Kier molecular flexibility index (Phi) is 3.29. The van der Waals surface area contributed by atoms with Crippen molar-refractivity contribution in [1.82, 2.24) is 4.90 Å². The van der Waals surface area contributed by atoms with Gasteiger partial charge in [0.25, 0.3) is 11.8 Å². The summed E-state index contributed by atoms with van der Waals surface area (Å²) in [5, 5.41) is 0. The van der Waals surface area contributed by atoms with Gasteiger partial charge in [-0.05, 0) is 37.5 Å². The molecule has 1 aliphatic heterocycles. The van der Waals surface area contributed by atoms with Crippen LogP contribution in [0, 0.1) is 6.92 Å². The normalized spacial score (nSPS) is 23.4. The van der Waals surface area contributed by atoms with Crippen LogP contribution in [0.4, 0.5) is 0 Å². The van der Waals surface area contributed by atoms with Gasteiger partial charge < -0.3 is 0 Å². The molecule has 0 radical (unpaired) electrons.